The Bertz CT molecular complexity index is 832. The highest BCUT2D eigenvalue weighted by Crippen LogP contribution is 2.36. The molecule has 3 rings (SSSR count). The summed E-state index contributed by atoms with van der Waals surface area (Å²) >= 11 is 1.64. The zero-order chi connectivity index (χ0) is 17.4. The third-order valence-electron chi connectivity index (χ3n) is 4.92. The average molecular weight is 386 g/mol. The van der Waals surface area contributed by atoms with Crippen LogP contribution in [0.2, 0.25) is 0 Å². The molecule has 138 valence electrons. The van der Waals surface area contributed by atoms with Gasteiger partial charge in [-0.2, -0.15) is 0 Å². The maximum atomic E-state index is 12.6. The van der Waals surface area contributed by atoms with Crippen LogP contribution in [0.25, 0.3) is 10.2 Å². The second-order valence-electron chi connectivity index (χ2n) is 6.78. The zero-order valence-electron chi connectivity index (χ0n) is 14.7. The second kappa shape index (κ2) is 7.85. The fourth-order valence-electron chi connectivity index (χ4n) is 3.24. The summed E-state index contributed by atoms with van der Waals surface area (Å²) in [6.07, 6.45) is 3.17. The number of aryl methyl sites for hydroxylation is 1. The Morgan fingerprint density at radius 1 is 1.52 bits per heavy atom. The van der Waals surface area contributed by atoms with Crippen LogP contribution in [-0.4, -0.2) is 39.5 Å². The number of H-pyrrole nitrogens is 1. The predicted octanol–water partition coefficient (Wildman–Crippen LogP) is 3.00. The number of nitrogens with zero attached hydrogens (tertiary/aromatic N) is 2. The molecule has 2 aromatic heterocycles. The van der Waals surface area contributed by atoms with Crippen molar-refractivity contribution in [2.24, 2.45) is 5.92 Å². The summed E-state index contributed by atoms with van der Waals surface area (Å²) in [5, 5.41) is 9.57. The Morgan fingerprint density at radius 3 is 2.92 bits per heavy atom. The molecule has 1 aliphatic rings. The summed E-state index contributed by atoms with van der Waals surface area (Å²) in [5.41, 5.74) is 1.11. The number of fused-ring (bicyclic) bond motifs is 3. The maximum absolute atomic E-state index is 12.6. The second-order valence-corrected chi connectivity index (χ2v) is 7.87. The molecule has 0 aromatic carbocycles. The van der Waals surface area contributed by atoms with Crippen LogP contribution in [0.5, 0.6) is 0 Å². The minimum atomic E-state index is -0.828. The van der Waals surface area contributed by atoms with Gasteiger partial charge < -0.3 is 10.1 Å². The van der Waals surface area contributed by atoms with E-state index in [4.69, 9.17) is 5.11 Å². The fourth-order valence-corrected chi connectivity index (χ4v) is 4.63. The highest BCUT2D eigenvalue weighted by Gasteiger charge is 2.24. The molecule has 0 fully saturated rings. The Hall–Kier alpha value is -1.44. The van der Waals surface area contributed by atoms with Gasteiger partial charge >= 0.3 is 5.97 Å². The Labute approximate surface area is 156 Å². The summed E-state index contributed by atoms with van der Waals surface area (Å²) in [7, 11) is 1.85. The summed E-state index contributed by atoms with van der Waals surface area (Å²) in [6.45, 7) is 4.59. The quantitative estimate of drug-likeness (QED) is 0.826. The van der Waals surface area contributed by atoms with Gasteiger partial charge in [-0.3, -0.25) is 14.5 Å². The van der Waals surface area contributed by atoms with Crippen LogP contribution in [-0.2, 0) is 17.6 Å². The molecule has 0 saturated carbocycles. The Kier molecular flexibility index (Phi) is 6.24. The molecule has 6 nitrogen and oxygen atoms in total. The van der Waals surface area contributed by atoms with Gasteiger partial charge in [0.2, 0.25) is 0 Å². The van der Waals surface area contributed by atoms with Gasteiger partial charge in [0.15, 0.2) is 0 Å². The van der Waals surface area contributed by atoms with Gasteiger partial charge in [0.1, 0.15) is 10.7 Å². The van der Waals surface area contributed by atoms with Crippen LogP contribution in [0.1, 0.15) is 49.0 Å². The van der Waals surface area contributed by atoms with E-state index in [0.29, 0.717) is 18.3 Å². The number of aliphatic carboxylic acids is 1. The third kappa shape index (κ3) is 4.04. The van der Waals surface area contributed by atoms with E-state index in [-0.39, 0.29) is 30.4 Å². The standard InChI is InChI=1S/C17H23N3O3S.ClH/c1-9-4-5-11-12(8-9)24-17-14(11)16(23)18-15(19-17)10(2)20(3)7-6-13(21)22;/h9-10H,4-8H2,1-3H3,(H,21,22)(H,18,19,23);1H. The minimum Gasteiger partial charge on any atom is -0.481 e. The normalized spacial score (nSPS) is 18.0. The molecular formula is C17H24ClN3O3S. The monoisotopic (exact) mass is 385 g/mol. The van der Waals surface area contributed by atoms with E-state index in [9.17, 15) is 9.59 Å². The number of thiophene rings is 1. The molecule has 2 atom stereocenters. The first-order valence-corrected chi connectivity index (χ1v) is 9.15. The molecule has 0 saturated heterocycles. The molecule has 2 aromatic rings. The van der Waals surface area contributed by atoms with Crippen molar-refractivity contribution in [3.05, 3.63) is 26.6 Å². The lowest BCUT2D eigenvalue weighted by Gasteiger charge is -2.23. The molecule has 0 bridgehead atoms. The van der Waals surface area contributed by atoms with Gasteiger partial charge in [0.25, 0.3) is 5.56 Å². The molecule has 2 heterocycles. The summed E-state index contributed by atoms with van der Waals surface area (Å²) in [4.78, 5) is 34.9. The van der Waals surface area contributed by atoms with Crippen molar-refractivity contribution in [2.45, 2.75) is 45.6 Å². The minimum absolute atomic E-state index is 0. The number of aromatic amines is 1. The largest absolute Gasteiger partial charge is 0.481 e. The molecule has 1 aliphatic carbocycles. The van der Waals surface area contributed by atoms with E-state index in [0.717, 1.165) is 29.5 Å². The summed E-state index contributed by atoms with van der Waals surface area (Å²) in [6, 6.07) is -0.139. The average Bonchev–Trinajstić information content (AvgIpc) is 2.89. The van der Waals surface area contributed by atoms with Crippen molar-refractivity contribution in [1.29, 1.82) is 0 Å². The van der Waals surface area contributed by atoms with Crippen LogP contribution in [0.4, 0.5) is 0 Å². The smallest absolute Gasteiger partial charge is 0.304 e. The van der Waals surface area contributed by atoms with Crippen molar-refractivity contribution < 1.29 is 9.90 Å². The van der Waals surface area contributed by atoms with Gasteiger partial charge in [-0.15, -0.1) is 23.7 Å². The first kappa shape index (κ1) is 19.9. The van der Waals surface area contributed by atoms with E-state index in [1.807, 2.05) is 18.9 Å². The predicted molar refractivity (Wildman–Crippen MR) is 102 cm³/mol. The number of halogens is 1. The molecular weight excluding hydrogens is 362 g/mol. The highest BCUT2D eigenvalue weighted by atomic mass is 35.5. The van der Waals surface area contributed by atoms with Crippen LogP contribution in [0.3, 0.4) is 0 Å². The van der Waals surface area contributed by atoms with Gasteiger partial charge in [-0.05, 0) is 44.7 Å². The summed E-state index contributed by atoms with van der Waals surface area (Å²) in [5.74, 6) is 0.434. The number of carboxylic acid groups (broad SMARTS) is 1. The SMILES string of the molecule is CC1CCc2c(sc3nc(C(C)N(C)CCC(=O)O)[nH]c(=O)c23)C1.Cl. The van der Waals surface area contributed by atoms with Gasteiger partial charge in [-0.25, -0.2) is 4.98 Å². The molecule has 8 heteroatoms. The van der Waals surface area contributed by atoms with Gasteiger partial charge in [0.05, 0.1) is 17.8 Å². The van der Waals surface area contributed by atoms with Gasteiger partial charge in [-0.1, -0.05) is 6.92 Å². The van der Waals surface area contributed by atoms with Crippen LogP contribution in [0.15, 0.2) is 4.79 Å². The number of rotatable bonds is 5. The first-order chi connectivity index (χ1) is 11.4. The first-order valence-electron chi connectivity index (χ1n) is 8.33. The van der Waals surface area contributed by atoms with Crippen molar-refractivity contribution in [2.75, 3.05) is 13.6 Å². The lowest BCUT2D eigenvalue weighted by atomic mass is 9.89. The number of carboxylic acids is 1. The Morgan fingerprint density at radius 2 is 2.24 bits per heavy atom. The lowest BCUT2D eigenvalue weighted by molar-refractivity contribution is -0.137. The third-order valence-corrected chi connectivity index (χ3v) is 6.07. The molecule has 0 amide bonds. The van der Waals surface area contributed by atoms with Crippen molar-refractivity contribution in [3.63, 3.8) is 0 Å². The molecule has 0 radical (unpaired) electrons. The maximum Gasteiger partial charge on any atom is 0.304 e. The number of nitrogens with one attached hydrogen (secondary N) is 1. The number of carbonyl (C=O) groups is 1. The zero-order valence-corrected chi connectivity index (χ0v) is 16.3. The topological polar surface area (TPSA) is 86.3 Å². The van der Waals surface area contributed by atoms with E-state index in [2.05, 4.69) is 16.9 Å². The van der Waals surface area contributed by atoms with E-state index in [1.165, 1.54) is 10.4 Å². The van der Waals surface area contributed by atoms with Gasteiger partial charge in [0, 0.05) is 11.4 Å². The molecule has 0 spiro atoms. The number of hydrogen-bond donors (Lipinski definition) is 2. The van der Waals surface area contributed by atoms with Crippen LogP contribution in [0, 0.1) is 5.92 Å². The molecule has 2 unspecified atom stereocenters. The van der Waals surface area contributed by atoms with Crippen LogP contribution >= 0.6 is 23.7 Å². The summed E-state index contributed by atoms with van der Waals surface area (Å²) < 4.78 is 0. The fraction of sp³-hybridized carbons (Fsp3) is 0.588. The number of aromatic nitrogens is 2. The van der Waals surface area contributed by atoms with Crippen molar-refractivity contribution in [1.82, 2.24) is 14.9 Å². The number of hydrogen-bond acceptors (Lipinski definition) is 5. The van der Waals surface area contributed by atoms with Crippen molar-refractivity contribution in [3.8, 4) is 0 Å². The Balaban J connectivity index is 0.00000225. The van der Waals surface area contributed by atoms with E-state index < -0.39 is 5.97 Å². The van der Waals surface area contributed by atoms with Crippen molar-refractivity contribution >= 4 is 39.9 Å². The van der Waals surface area contributed by atoms with E-state index in [1.54, 1.807) is 11.3 Å². The molecule has 25 heavy (non-hydrogen) atoms. The highest BCUT2D eigenvalue weighted by molar-refractivity contribution is 7.18. The lowest BCUT2D eigenvalue weighted by Crippen LogP contribution is -2.28. The molecule has 0 aliphatic heterocycles. The van der Waals surface area contributed by atoms with E-state index >= 15 is 0 Å². The van der Waals surface area contributed by atoms with Crippen LogP contribution < -0.4 is 5.56 Å². The molecule has 2 N–H and O–H groups in total.